The Morgan fingerprint density at radius 1 is 1.44 bits per heavy atom. The fourth-order valence-corrected chi connectivity index (χ4v) is 1.98. The van der Waals surface area contributed by atoms with E-state index in [1.165, 1.54) is 11.5 Å². The summed E-state index contributed by atoms with van der Waals surface area (Å²) in [5.41, 5.74) is 0.937. The van der Waals surface area contributed by atoms with Gasteiger partial charge in [0, 0.05) is 0 Å². The van der Waals surface area contributed by atoms with Crippen molar-refractivity contribution in [2.75, 3.05) is 7.05 Å². The second kappa shape index (κ2) is 5.13. The molecule has 0 radical (unpaired) electrons. The molecule has 2 heterocycles. The predicted molar refractivity (Wildman–Crippen MR) is 60.0 cm³/mol. The molecule has 0 aliphatic heterocycles. The third-order valence-corrected chi connectivity index (χ3v) is 2.80. The van der Waals surface area contributed by atoms with Crippen LogP contribution in [0.3, 0.4) is 0 Å². The molecule has 2 aromatic rings. The van der Waals surface area contributed by atoms with Gasteiger partial charge in [0.25, 0.3) is 5.89 Å². The molecule has 2 aromatic heterocycles. The molecule has 0 aliphatic carbocycles. The molecule has 16 heavy (non-hydrogen) atoms. The molecule has 0 bridgehead atoms. The monoisotopic (exact) mass is 239 g/mol. The van der Waals surface area contributed by atoms with Crippen molar-refractivity contribution in [2.45, 2.75) is 26.3 Å². The second-order valence-electron chi connectivity index (χ2n) is 3.34. The first-order valence-corrected chi connectivity index (χ1v) is 5.91. The Morgan fingerprint density at radius 3 is 3.06 bits per heavy atom. The SMILES string of the molecule is CCCc1nnsc1-c1nc(CNC)no1. The Hall–Kier alpha value is -1.34. The molecule has 1 N–H and O–H groups in total. The summed E-state index contributed by atoms with van der Waals surface area (Å²) in [6.45, 7) is 2.70. The first-order valence-electron chi connectivity index (χ1n) is 5.14. The second-order valence-corrected chi connectivity index (χ2v) is 4.10. The minimum atomic E-state index is 0.517. The smallest absolute Gasteiger partial charge is 0.271 e. The predicted octanol–water partition coefficient (Wildman–Crippen LogP) is 1.26. The van der Waals surface area contributed by atoms with E-state index in [-0.39, 0.29) is 0 Å². The van der Waals surface area contributed by atoms with Crippen LogP contribution in [-0.2, 0) is 13.0 Å². The Bertz CT molecular complexity index is 452. The zero-order valence-electron chi connectivity index (χ0n) is 9.23. The van der Waals surface area contributed by atoms with Crippen LogP contribution in [-0.4, -0.2) is 26.8 Å². The first-order chi connectivity index (χ1) is 7.85. The van der Waals surface area contributed by atoms with Gasteiger partial charge in [0.15, 0.2) is 5.82 Å². The van der Waals surface area contributed by atoms with Gasteiger partial charge >= 0.3 is 0 Å². The minimum absolute atomic E-state index is 0.517. The van der Waals surface area contributed by atoms with E-state index < -0.39 is 0 Å². The van der Waals surface area contributed by atoms with Gasteiger partial charge in [-0.2, -0.15) is 4.98 Å². The Balaban J connectivity index is 2.24. The van der Waals surface area contributed by atoms with Crippen LogP contribution >= 0.6 is 11.5 Å². The van der Waals surface area contributed by atoms with Gasteiger partial charge in [-0.15, -0.1) is 5.10 Å². The maximum atomic E-state index is 5.18. The lowest BCUT2D eigenvalue weighted by molar-refractivity contribution is 0.421. The van der Waals surface area contributed by atoms with E-state index in [1.807, 2.05) is 7.05 Å². The molecule has 0 unspecified atom stereocenters. The molecule has 0 atom stereocenters. The first kappa shape index (κ1) is 11.2. The maximum Gasteiger partial charge on any atom is 0.271 e. The lowest BCUT2D eigenvalue weighted by Gasteiger charge is -1.92. The zero-order chi connectivity index (χ0) is 11.4. The van der Waals surface area contributed by atoms with E-state index in [9.17, 15) is 0 Å². The normalized spacial score (nSPS) is 10.9. The quantitative estimate of drug-likeness (QED) is 0.846. The van der Waals surface area contributed by atoms with Crippen molar-refractivity contribution in [3.63, 3.8) is 0 Å². The fraction of sp³-hybridized carbons (Fsp3) is 0.556. The molecule has 0 spiro atoms. The minimum Gasteiger partial charge on any atom is -0.333 e. The van der Waals surface area contributed by atoms with Gasteiger partial charge in [0.05, 0.1) is 12.2 Å². The van der Waals surface area contributed by atoms with E-state index in [0.29, 0.717) is 18.3 Å². The molecule has 0 saturated carbocycles. The lowest BCUT2D eigenvalue weighted by atomic mass is 10.2. The summed E-state index contributed by atoms with van der Waals surface area (Å²) in [7, 11) is 1.84. The molecule has 0 fully saturated rings. The average molecular weight is 239 g/mol. The van der Waals surface area contributed by atoms with Crippen LogP contribution in [0.1, 0.15) is 24.9 Å². The van der Waals surface area contributed by atoms with Crippen LogP contribution in [0.25, 0.3) is 10.8 Å². The average Bonchev–Trinajstić information content (AvgIpc) is 2.87. The Kier molecular flexibility index (Phi) is 3.58. The van der Waals surface area contributed by atoms with Gasteiger partial charge in [-0.05, 0) is 25.0 Å². The van der Waals surface area contributed by atoms with E-state index in [4.69, 9.17) is 4.52 Å². The van der Waals surface area contributed by atoms with Gasteiger partial charge in [-0.1, -0.05) is 23.0 Å². The molecule has 0 saturated heterocycles. The van der Waals surface area contributed by atoms with Crippen molar-refractivity contribution >= 4 is 11.5 Å². The Morgan fingerprint density at radius 2 is 2.31 bits per heavy atom. The molecule has 0 amide bonds. The fourth-order valence-electron chi connectivity index (χ4n) is 1.35. The van der Waals surface area contributed by atoms with Crippen LogP contribution in [0.4, 0.5) is 0 Å². The largest absolute Gasteiger partial charge is 0.333 e. The third kappa shape index (κ3) is 2.25. The van der Waals surface area contributed by atoms with Crippen molar-refractivity contribution in [1.82, 2.24) is 25.0 Å². The summed E-state index contributed by atoms with van der Waals surface area (Å²) >= 11 is 1.30. The molecule has 7 heteroatoms. The van der Waals surface area contributed by atoms with Gasteiger partial charge in [-0.25, -0.2) is 0 Å². The van der Waals surface area contributed by atoms with Gasteiger partial charge in [-0.3, -0.25) is 0 Å². The zero-order valence-corrected chi connectivity index (χ0v) is 10.0. The molecule has 0 aliphatic rings. The summed E-state index contributed by atoms with van der Waals surface area (Å²) in [6.07, 6.45) is 1.91. The molecule has 6 nitrogen and oxygen atoms in total. The van der Waals surface area contributed by atoms with Crippen LogP contribution in [0, 0.1) is 0 Å². The van der Waals surface area contributed by atoms with Crippen LogP contribution < -0.4 is 5.32 Å². The van der Waals surface area contributed by atoms with E-state index in [2.05, 4.69) is 32.0 Å². The van der Waals surface area contributed by atoms with E-state index in [0.717, 1.165) is 23.4 Å². The lowest BCUT2D eigenvalue weighted by Crippen LogP contribution is -2.06. The number of hydrogen-bond acceptors (Lipinski definition) is 7. The Labute approximate surface area is 97.2 Å². The number of nitrogens with zero attached hydrogens (tertiary/aromatic N) is 4. The van der Waals surface area contributed by atoms with Crippen molar-refractivity contribution < 1.29 is 4.52 Å². The molecular weight excluding hydrogens is 226 g/mol. The topological polar surface area (TPSA) is 76.7 Å². The van der Waals surface area contributed by atoms with Crippen molar-refractivity contribution in [3.8, 4) is 10.8 Å². The molecular formula is C9H13N5OS. The number of hydrogen-bond donors (Lipinski definition) is 1. The van der Waals surface area contributed by atoms with Crippen molar-refractivity contribution in [3.05, 3.63) is 11.5 Å². The highest BCUT2D eigenvalue weighted by molar-refractivity contribution is 7.09. The third-order valence-electron chi connectivity index (χ3n) is 2.04. The number of aromatic nitrogens is 4. The van der Waals surface area contributed by atoms with Crippen LogP contribution in [0.2, 0.25) is 0 Å². The highest BCUT2D eigenvalue weighted by Crippen LogP contribution is 2.25. The number of rotatable bonds is 5. The maximum absolute atomic E-state index is 5.18. The van der Waals surface area contributed by atoms with E-state index >= 15 is 0 Å². The summed E-state index contributed by atoms with van der Waals surface area (Å²) in [4.78, 5) is 5.16. The van der Waals surface area contributed by atoms with Crippen molar-refractivity contribution in [1.29, 1.82) is 0 Å². The van der Waals surface area contributed by atoms with Gasteiger partial charge < -0.3 is 9.84 Å². The standard InChI is InChI=1S/C9H13N5OS/c1-3-4-6-8(16-14-12-6)9-11-7(5-10-2)13-15-9/h10H,3-5H2,1-2H3. The van der Waals surface area contributed by atoms with Gasteiger partial charge in [0.2, 0.25) is 0 Å². The molecule has 0 aromatic carbocycles. The summed E-state index contributed by atoms with van der Waals surface area (Å²) in [5.74, 6) is 1.16. The summed E-state index contributed by atoms with van der Waals surface area (Å²) in [6, 6.07) is 0. The van der Waals surface area contributed by atoms with E-state index in [1.54, 1.807) is 0 Å². The highest BCUT2D eigenvalue weighted by Gasteiger charge is 2.16. The molecule has 86 valence electrons. The summed E-state index contributed by atoms with van der Waals surface area (Å²) in [5, 5.41) is 10.9. The van der Waals surface area contributed by atoms with Gasteiger partial charge in [0.1, 0.15) is 4.88 Å². The van der Waals surface area contributed by atoms with Crippen molar-refractivity contribution in [2.24, 2.45) is 0 Å². The van der Waals surface area contributed by atoms with Crippen LogP contribution in [0.15, 0.2) is 4.52 Å². The number of aryl methyl sites for hydroxylation is 1. The highest BCUT2D eigenvalue weighted by atomic mass is 32.1. The van der Waals surface area contributed by atoms with Crippen LogP contribution in [0.5, 0.6) is 0 Å². The summed E-state index contributed by atoms with van der Waals surface area (Å²) < 4.78 is 9.10. The molecule has 2 rings (SSSR count). The number of nitrogens with one attached hydrogen (secondary N) is 1.